The van der Waals surface area contributed by atoms with E-state index in [2.05, 4.69) is 20.2 Å². The average molecular weight is 500 g/mol. The minimum absolute atomic E-state index is 0.198. The maximum atomic E-state index is 11.8. The number of carbonyl (C=O) groups is 1. The van der Waals surface area contributed by atoms with E-state index < -0.39 is 0 Å². The lowest BCUT2D eigenvalue weighted by Crippen LogP contribution is -2.30. The molecule has 0 bridgehead atoms. The Balaban J connectivity index is 1.66. The van der Waals surface area contributed by atoms with Crippen LogP contribution >= 0.6 is 12.2 Å². The molecule has 5 rings (SSSR count). The van der Waals surface area contributed by atoms with Crippen LogP contribution in [-0.4, -0.2) is 32.8 Å². The summed E-state index contributed by atoms with van der Waals surface area (Å²) in [5, 5.41) is 16.6. The third-order valence-electron chi connectivity index (χ3n) is 6.08. The number of amides is 1. The molecule has 0 aliphatic carbocycles. The zero-order valence-electron chi connectivity index (χ0n) is 19.8. The molecule has 36 heavy (non-hydrogen) atoms. The highest BCUT2D eigenvalue weighted by Gasteiger charge is 2.42. The first-order chi connectivity index (χ1) is 17.5. The van der Waals surface area contributed by atoms with Crippen molar-refractivity contribution in [1.82, 2.24) is 14.9 Å². The number of phenolic OH excluding ortho intramolecular Hbond substituents is 1. The molecule has 3 heterocycles. The number of phenols is 1. The van der Waals surface area contributed by atoms with Crippen LogP contribution in [0.25, 0.3) is 5.69 Å². The molecule has 1 aliphatic rings. The van der Waals surface area contributed by atoms with Gasteiger partial charge in [0.1, 0.15) is 17.5 Å². The molecule has 1 aliphatic heterocycles. The van der Waals surface area contributed by atoms with Crippen molar-refractivity contribution in [3.63, 3.8) is 0 Å². The Morgan fingerprint density at radius 1 is 1.08 bits per heavy atom. The summed E-state index contributed by atoms with van der Waals surface area (Å²) in [4.78, 5) is 18.5. The molecule has 2 unspecified atom stereocenters. The molecular formula is C27H25N5O3S. The Hall–Kier alpha value is -4.37. The normalized spacial score (nSPS) is 17.1. The van der Waals surface area contributed by atoms with Gasteiger partial charge in [-0.3, -0.25) is 9.78 Å². The Morgan fingerprint density at radius 2 is 1.86 bits per heavy atom. The van der Waals surface area contributed by atoms with Crippen LogP contribution in [-0.2, 0) is 4.79 Å². The van der Waals surface area contributed by atoms with Gasteiger partial charge >= 0.3 is 0 Å². The van der Waals surface area contributed by atoms with Gasteiger partial charge in [-0.15, -0.1) is 0 Å². The highest BCUT2D eigenvalue weighted by Crippen LogP contribution is 2.43. The number of rotatable bonds is 6. The minimum Gasteiger partial charge on any atom is -0.508 e. The number of hydrogen-bond acceptors (Lipinski definition) is 5. The second-order valence-corrected chi connectivity index (χ2v) is 8.77. The van der Waals surface area contributed by atoms with Crippen molar-refractivity contribution >= 4 is 34.6 Å². The van der Waals surface area contributed by atoms with Crippen LogP contribution in [0.2, 0.25) is 0 Å². The fourth-order valence-corrected chi connectivity index (χ4v) is 4.90. The van der Waals surface area contributed by atoms with Gasteiger partial charge in [-0.2, -0.15) is 0 Å². The van der Waals surface area contributed by atoms with Crippen LogP contribution in [0.15, 0.2) is 85.2 Å². The first kappa shape index (κ1) is 23.4. The van der Waals surface area contributed by atoms with Gasteiger partial charge in [-0.1, -0.05) is 6.07 Å². The van der Waals surface area contributed by atoms with E-state index in [0.29, 0.717) is 16.5 Å². The summed E-state index contributed by atoms with van der Waals surface area (Å²) in [5.74, 6) is 0.557. The van der Waals surface area contributed by atoms with Crippen LogP contribution in [0.1, 0.15) is 30.4 Å². The third kappa shape index (κ3) is 4.36. The van der Waals surface area contributed by atoms with E-state index in [4.69, 9.17) is 17.0 Å². The summed E-state index contributed by atoms with van der Waals surface area (Å²) in [6.07, 6.45) is 3.74. The van der Waals surface area contributed by atoms with Gasteiger partial charge in [-0.25, -0.2) is 0 Å². The van der Waals surface area contributed by atoms with Crippen LogP contribution < -0.4 is 20.3 Å². The summed E-state index contributed by atoms with van der Waals surface area (Å²) in [5.41, 5.74) is 4.07. The predicted octanol–water partition coefficient (Wildman–Crippen LogP) is 4.72. The third-order valence-corrected chi connectivity index (χ3v) is 6.40. The monoisotopic (exact) mass is 499 g/mol. The molecule has 1 saturated heterocycles. The van der Waals surface area contributed by atoms with Crippen molar-refractivity contribution in [3.8, 4) is 17.2 Å². The van der Waals surface area contributed by atoms with Gasteiger partial charge in [0.15, 0.2) is 5.11 Å². The van der Waals surface area contributed by atoms with E-state index in [1.54, 1.807) is 25.4 Å². The van der Waals surface area contributed by atoms with Crippen molar-refractivity contribution in [2.75, 3.05) is 17.3 Å². The highest BCUT2D eigenvalue weighted by atomic mass is 32.1. The van der Waals surface area contributed by atoms with Crippen LogP contribution in [0, 0.1) is 0 Å². The Morgan fingerprint density at radius 3 is 2.56 bits per heavy atom. The Labute approximate surface area is 214 Å². The number of pyridine rings is 1. The number of ether oxygens (including phenoxy) is 1. The van der Waals surface area contributed by atoms with Gasteiger partial charge < -0.3 is 29.9 Å². The van der Waals surface area contributed by atoms with Crippen LogP contribution in [0.4, 0.5) is 11.4 Å². The van der Waals surface area contributed by atoms with E-state index in [-0.39, 0.29) is 23.7 Å². The van der Waals surface area contributed by atoms with Crippen molar-refractivity contribution in [2.45, 2.75) is 19.0 Å². The predicted molar refractivity (Wildman–Crippen MR) is 143 cm³/mol. The number of aromatic hydroxyl groups is 1. The number of nitrogens with zero attached hydrogens (tertiary/aromatic N) is 3. The Kier molecular flexibility index (Phi) is 6.30. The van der Waals surface area contributed by atoms with Crippen LogP contribution in [0.5, 0.6) is 11.5 Å². The molecule has 9 heteroatoms. The lowest BCUT2D eigenvalue weighted by atomic mass is 10.0. The molecule has 182 valence electrons. The smallest absolute Gasteiger partial charge is 0.221 e. The highest BCUT2D eigenvalue weighted by molar-refractivity contribution is 7.80. The van der Waals surface area contributed by atoms with E-state index in [1.165, 1.54) is 6.92 Å². The summed E-state index contributed by atoms with van der Waals surface area (Å²) in [6, 6.07) is 22.0. The number of methoxy groups -OCH3 is 1. The number of benzene rings is 2. The molecular weight excluding hydrogens is 474 g/mol. The lowest BCUT2D eigenvalue weighted by Gasteiger charge is -2.29. The van der Waals surface area contributed by atoms with Crippen molar-refractivity contribution in [1.29, 1.82) is 0 Å². The van der Waals surface area contributed by atoms with Gasteiger partial charge in [0, 0.05) is 36.4 Å². The molecule has 3 N–H and O–H groups in total. The zero-order valence-corrected chi connectivity index (χ0v) is 20.6. The van der Waals surface area contributed by atoms with Crippen molar-refractivity contribution < 1.29 is 14.6 Å². The second-order valence-electron chi connectivity index (χ2n) is 8.38. The van der Waals surface area contributed by atoms with Crippen molar-refractivity contribution in [3.05, 3.63) is 96.6 Å². The number of nitrogens with one attached hydrogen (secondary N) is 2. The SMILES string of the molecule is COc1ccc(N2C(=S)NC(c3ccccn3)C2c2cccn2-c2ccc(O)cc2)cc1NC(C)=O. The first-order valence-corrected chi connectivity index (χ1v) is 11.8. The summed E-state index contributed by atoms with van der Waals surface area (Å²) in [7, 11) is 1.56. The summed E-state index contributed by atoms with van der Waals surface area (Å²) >= 11 is 5.85. The number of thiocarbonyl (C=S) groups is 1. The van der Waals surface area contributed by atoms with Gasteiger partial charge in [-0.05, 0) is 78.9 Å². The molecule has 0 radical (unpaired) electrons. The fourth-order valence-electron chi connectivity index (χ4n) is 4.55. The second kappa shape index (κ2) is 9.71. The van der Waals surface area contributed by atoms with Gasteiger partial charge in [0.2, 0.25) is 5.91 Å². The van der Waals surface area contributed by atoms with Gasteiger partial charge in [0.05, 0.1) is 24.5 Å². The zero-order chi connectivity index (χ0) is 25.2. The fraction of sp³-hybridized carbons (Fsp3) is 0.148. The molecule has 1 fully saturated rings. The average Bonchev–Trinajstić information content (AvgIpc) is 3.49. The first-order valence-electron chi connectivity index (χ1n) is 11.4. The van der Waals surface area contributed by atoms with Crippen molar-refractivity contribution in [2.24, 2.45) is 0 Å². The number of carbonyl (C=O) groups excluding carboxylic acids is 1. The summed E-state index contributed by atoms with van der Waals surface area (Å²) < 4.78 is 7.52. The van der Waals surface area contributed by atoms with Crippen LogP contribution in [0.3, 0.4) is 0 Å². The largest absolute Gasteiger partial charge is 0.508 e. The van der Waals surface area contributed by atoms with E-state index in [0.717, 1.165) is 22.8 Å². The Bertz CT molecular complexity index is 1400. The number of aromatic nitrogens is 2. The van der Waals surface area contributed by atoms with E-state index in [1.807, 2.05) is 71.8 Å². The number of anilines is 2. The molecule has 0 saturated carbocycles. The van der Waals surface area contributed by atoms with Gasteiger partial charge in [0.25, 0.3) is 0 Å². The minimum atomic E-state index is -0.269. The molecule has 1 amide bonds. The quantitative estimate of drug-likeness (QED) is 0.331. The molecule has 8 nitrogen and oxygen atoms in total. The topological polar surface area (TPSA) is 91.7 Å². The standard InChI is InChI=1S/C27H25N5O3S/c1-17(33)29-22-16-19(10-13-24(22)35-2)32-26(25(30-27(32)36)21-6-3-4-14-28-21)23-7-5-15-31(23)18-8-11-20(34)12-9-18/h3-16,25-26,34H,1-2H3,(H,29,33)(H,30,36). The molecule has 4 aromatic rings. The van der Waals surface area contributed by atoms with E-state index >= 15 is 0 Å². The maximum Gasteiger partial charge on any atom is 0.221 e. The summed E-state index contributed by atoms with van der Waals surface area (Å²) in [6.45, 7) is 1.46. The number of hydrogen-bond donors (Lipinski definition) is 3. The lowest BCUT2D eigenvalue weighted by molar-refractivity contribution is -0.114. The molecule has 2 atom stereocenters. The maximum absolute atomic E-state index is 11.8. The molecule has 0 spiro atoms. The van der Waals surface area contributed by atoms with E-state index in [9.17, 15) is 9.90 Å². The molecule has 2 aromatic heterocycles. The molecule has 2 aromatic carbocycles.